The van der Waals surface area contributed by atoms with E-state index in [1.807, 2.05) is 60.0 Å². The summed E-state index contributed by atoms with van der Waals surface area (Å²) in [7, 11) is 2.96. The number of nitrogens with zero attached hydrogens (tertiary/aromatic N) is 2. The number of methoxy groups -OCH3 is 2. The molecule has 0 fully saturated rings. The smallest absolute Gasteiger partial charge is 0.343 e. The van der Waals surface area contributed by atoms with Crippen LogP contribution in [0.2, 0.25) is 0 Å². The summed E-state index contributed by atoms with van der Waals surface area (Å²) in [5, 5.41) is 0. The zero-order valence-electron chi connectivity index (χ0n) is 17.7. The highest BCUT2D eigenvalue weighted by Gasteiger charge is 2.23. The van der Waals surface area contributed by atoms with Gasteiger partial charge in [0.2, 0.25) is 12.3 Å². The second-order valence-corrected chi connectivity index (χ2v) is 7.26. The van der Waals surface area contributed by atoms with Gasteiger partial charge in [-0.05, 0) is 48.4 Å². The molecule has 31 heavy (non-hydrogen) atoms. The first-order valence-corrected chi connectivity index (χ1v) is 9.87. The Kier molecular flexibility index (Phi) is 5.54. The van der Waals surface area contributed by atoms with Gasteiger partial charge in [0.15, 0.2) is 12.4 Å². The molecular weight excluding hydrogens is 392 g/mol. The zero-order chi connectivity index (χ0) is 22.0. The van der Waals surface area contributed by atoms with Crippen LogP contribution in [0.4, 0.5) is 0 Å². The summed E-state index contributed by atoms with van der Waals surface area (Å²) in [6.45, 7) is 2.12. The Hall–Kier alpha value is -3.93. The molecule has 0 bridgehead atoms. The van der Waals surface area contributed by atoms with Crippen molar-refractivity contribution in [3.63, 3.8) is 0 Å². The monoisotopic (exact) mass is 415 g/mol. The lowest BCUT2D eigenvalue weighted by molar-refractivity contribution is -0.683. The molecule has 0 saturated carbocycles. The molecule has 1 aromatic carbocycles. The van der Waals surface area contributed by atoms with E-state index in [0.717, 1.165) is 28.0 Å². The highest BCUT2D eigenvalue weighted by molar-refractivity contribution is 6.02. The Balaban J connectivity index is 1.79. The number of ether oxygens (including phenoxy) is 2. The number of carbonyl (C=O) groups is 2. The molecule has 4 aromatic rings. The summed E-state index contributed by atoms with van der Waals surface area (Å²) >= 11 is 0. The standard InChI is InChI=1S/C25H23N2O4/c1-17-6-4-13-27-22(17)14-21(18-8-10-20(30-2)11-9-18)24(27)23(28)16-26-12-5-7-19(15-26)25(29)31-3/h4-15H,16H2,1-3H3/q+1. The van der Waals surface area contributed by atoms with E-state index in [2.05, 4.69) is 0 Å². The fourth-order valence-corrected chi connectivity index (χ4v) is 3.72. The van der Waals surface area contributed by atoms with Gasteiger partial charge in [0.05, 0.1) is 14.2 Å². The summed E-state index contributed by atoms with van der Waals surface area (Å²) in [6.07, 6.45) is 5.29. The molecule has 0 aliphatic rings. The van der Waals surface area contributed by atoms with Crippen molar-refractivity contribution in [1.82, 2.24) is 4.40 Å². The highest BCUT2D eigenvalue weighted by atomic mass is 16.5. The number of aromatic nitrogens is 2. The van der Waals surface area contributed by atoms with Crippen LogP contribution in [0.3, 0.4) is 0 Å². The third kappa shape index (κ3) is 3.92. The quantitative estimate of drug-likeness (QED) is 0.272. The molecule has 156 valence electrons. The lowest BCUT2D eigenvalue weighted by Crippen LogP contribution is -2.38. The Morgan fingerprint density at radius 2 is 1.81 bits per heavy atom. The van der Waals surface area contributed by atoms with Crippen LogP contribution in [-0.2, 0) is 11.3 Å². The Morgan fingerprint density at radius 1 is 1.03 bits per heavy atom. The van der Waals surface area contributed by atoms with Crippen molar-refractivity contribution in [1.29, 1.82) is 0 Å². The molecule has 0 amide bonds. The molecule has 6 heteroatoms. The van der Waals surface area contributed by atoms with Crippen LogP contribution < -0.4 is 9.30 Å². The fraction of sp³-hybridized carbons (Fsp3) is 0.160. The second-order valence-electron chi connectivity index (χ2n) is 7.26. The number of aryl methyl sites for hydroxylation is 1. The minimum absolute atomic E-state index is 0.0663. The number of carbonyl (C=O) groups excluding carboxylic acids is 2. The van der Waals surface area contributed by atoms with Gasteiger partial charge in [0.25, 0.3) is 0 Å². The summed E-state index contributed by atoms with van der Waals surface area (Å²) in [5.41, 5.74) is 4.83. The van der Waals surface area contributed by atoms with Gasteiger partial charge in [-0.3, -0.25) is 4.79 Å². The molecule has 3 heterocycles. The largest absolute Gasteiger partial charge is 0.497 e. The van der Waals surface area contributed by atoms with Crippen molar-refractivity contribution in [2.45, 2.75) is 13.5 Å². The fourth-order valence-electron chi connectivity index (χ4n) is 3.72. The number of esters is 1. The van der Waals surface area contributed by atoms with E-state index >= 15 is 0 Å². The predicted octanol–water partition coefficient (Wildman–Crippen LogP) is 3.88. The third-order valence-electron chi connectivity index (χ3n) is 5.29. The summed E-state index contributed by atoms with van der Waals surface area (Å²) < 4.78 is 13.7. The summed E-state index contributed by atoms with van der Waals surface area (Å²) in [6, 6.07) is 17.0. The maximum atomic E-state index is 13.5. The molecule has 0 saturated heterocycles. The highest BCUT2D eigenvalue weighted by Crippen LogP contribution is 2.31. The van der Waals surface area contributed by atoms with Crippen molar-refractivity contribution in [2.75, 3.05) is 14.2 Å². The van der Waals surface area contributed by atoms with E-state index in [4.69, 9.17) is 9.47 Å². The van der Waals surface area contributed by atoms with Crippen LogP contribution in [-0.4, -0.2) is 30.4 Å². The number of rotatable bonds is 6. The normalized spacial score (nSPS) is 10.8. The molecule has 0 radical (unpaired) electrons. The molecule has 6 nitrogen and oxygen atoms in total. The minimum Gasteiger partial charge on any atom is -0.497 e. The number of Topliss-reactive ketones (excluding diaryl/α,β-unsaturated/α-hetero) is 1. The third-order valence-corrected chi connectivity index (χ3v) is 5.29. The molecule has 0 N–H and O–H groups in total. The van der Waals surface area contributed by atoms with Gasteiger partial charge in [-0.2, -0.15) is 4.57 Å². The van der Waals surface area contributed by atoms with Gasteiger partial charge in [-0.25, -0.2) is 4.79 Å². The molecule has 3 aromatic heterocycles. The van der Waals surface area contributed by atoms with Gasteiger partial charge in [0.1, 0.15) is 17.0 Å². The Morgan fingerprint density at radius 3 is 2.52 bits per heavy atom. The second kappa shape index (κ2) is 8.44. The first-order valence-electron chi connectivity index (χ1n) is 9.87. The van der Waals surface area contributed by atoms with E-state index in [-0.39, 0.29) is 12.3 Å². The minimum atomic E-state index is -0.440. The van der Waals surface area contributed by atoms with Crippen molar-refractivity contribution < 1.29 is 23.6 Å². The van der Waals surface area contributed by atoms with Gasteiger partial charge in [-0.1, -0.05) is 18.2 Å². The maximum absolute atomic E-state index is 13.5. The maximum Gasteiger partial charge on any atom is 0.343 e. The van der Waals surface area contributed by atoms with E-state index in [1.165, 1.54) is 7.11 Å². The molecule has 0 spiro atoms. The van der Waals surface area contributed by atoms with Crippen LogP contribution >= 0.6 is 0 Å². The van der Waals surface area contributed by atoms with Crippen LogP contribution in [0.5, 0.6) is 5.75 Å². The Labute approximate surface area is 180 Å². The SMILES string of the molecule is COC(=O)c1ccc[n+](CC(=O)c2c(-c3ccc(OC)cc3)cc3c(C)cccn23)c1. The molecule has 0 aliphatic heterocycles. The average Bonchev–Trinajstić information content (AvgIpc) is 3.20. The molecule has 0 unspecified atom stereocenters. The summed E-state index contributed by atoms with van der Waals surface area (Å²) in [4.78, 5) is 25.3. The molecule has 4 rings (SSSR count). The van der Waals surface area contributed by atoms with Gasteiger partial charge in [-0.15, -0.1) is 0 Å². The number of fused-ring (bicyclic) bond motifs is 1. The van der Waals surface area contributed by atoms with E-state index < -0.39 is 5.97 Å². The van der Waals surface area contributed by atoms with Crippen LogP contribution in [0.15, 0.2) is 73.2 Å². The van der Waals surface area contributed by atoms with Crippen molar-refractivity contribution in [3.05, 3.63) is 90.0 Å². The van der Waals surface area contributed by atoms with Crippen molar-refractivity contribution in [3.8, 4) is 16.9 Å². The number of hydrogen-bond donors (Lipinski definition) is 0. The van der Waals surface area contributed by atoms with Crippen LogP contribution in [0.25, 0.3) is 16.6 Å². The van der Waals surface area contributed by atoms with Gasteiger partial charge < -0.3 is 13.9 Å². The molecule has 0 atom stereocenters. The first kappa shape index (κ1) is 20.3. The first-order chi connectivity index (χ1) is 15.0. The van der Waals surface area contributed by atoms with Gasteiger partial charge in [0, 0.05) is 23.3 Å². The Bertz CT molecular complexity index is 1270. The average molecular weight is 415 g/mol. The van der Waals surface area contributed by atoms with Gasteiger partial charge >= 0.3 is 5.97 Å². The number of benzene rings is 1. The topological polar surface area (TPSA) is 60.9 Å². The lowest BCUT2D eigenvalue weighted by atomic mass is 10.0. The van der Waals surface area contributed by atoms with E-state index in [9.17, 15) is 9.59 Å². The molecular formula is C25H23N2O4+. The van der Waals surface area contributed by atoms with Crippen LogP contribution in [0, 0.1) is 6.92 Å². The van der Waals surface area contributed by atoms with Crippen LogP contribution in [0.1, 0.15) is 26.4 Å². The summed E-state index contributed by atoms with van der Waals surface area (Å²) in [5.74, 6) is 0.250. The lowest BCUT2D eigenvalue weighted by Gasteiger charge is -2.07. The van der Waals surface area contributed by atoms with E-state index in [1.54, 1.807) is 36.2 Å². The van der Waals surface area contributed by atoms with Crippen molar-refractivity contribution in [2.24, 2.45) is 0 Å². The number of ketones is 1. The van der Waals surface area contributed by atoms with E-state index in [0.29, 0.717) is 11.3 Å². The van der Waals surface area contributed by atoms with Crippen molar-refractivity contribution >= 4 is 17.3 Å². The number of pyridine rings is 2. The molecule has 0 aliphatic carbocycles. The predicted molar refractivity (Wildman–Crippen MR) is 116 cm³/mol. The zero-order valence-corrected chi connectivity index (χ0v) is 17.7. The number of hydrogen-bond acceptors (Lipinski definition) is 4.